The molecule has 2 aromatic carbocycles. The normalized spacial score (nSPS) is 10.0. The average molecular weight is 303 g/mol. The van der Waals surface area contributed by atoms with Crippen LogP contribution in [0.25, 0.3) is 0 Å². The van der Waals surface area contributed by atoms with E-state index >= 15 is 0 Å². The van der Waals surface area contributed by atoms with Gasteiger partial charge in [0.2, 0.25) is 0 Å². The van der Waals surface area contributed by atoms with Crippen LogP contribution in [0.4, 0.5) is 5.69 Å². The number of aryl methyl sites for hydroxylation is 1. The summed E-state index contributed by atoms with van der Waals surface area (Å²) in [5.41, 5.74) is 2.56. The highest BCUT2D eigenvalue weighted by molar-refractivity contribution is 6.39. The number of carbonyl (C=O) groups excluding carboxylic acids is 2. The Morgan fingerprint density at radius 3 is 2.43 bits per heavy atom. The van der Waals surface area contributed by atoms with Crippen LogP contribution in [0.15, 0.2) is 48.5 Å². The van der Waals surface area contributed by atoms with Crippen LogP contribution in [0.2, 0.25) is 5.02 Å². The zero-order valence-electron chi connectivity index (χ0n) is 11.5. The molecular formula is C16H15ClN2O2. The van der Waals surface area contributed by atoms with Gasteiger partial charge in [0.1, 0.15) is 0 Å². The van der Waals surface area contributed by atoms with E-state index in [9.17, 15) is 9.59 Å². The lowest BCUT2D eigenvalue weighted by Gasteiger charge is -2.07. The molecule has 2 rings (SSSR count). The van der Waals surface area contributed by atoms with Crippen LogP contribution in [0, 0.1) is 6.92 Å². The predicted octanol–water partition coefficient (Wildman–Crippen LogP) is 2.90. The molecule has 0 aliphatic carbocycles. The predicted molar refractivity (Wildman–Crippen MR) is 83.1 cm³/mol. The topological polar surface area (TPSA) is 58.2 Å². The number of rotatable bonds is 3. The van der Waals surface area contributed by atoms with Crippen LogP contribution in [0.3, 0.4) is 0 Å². The number of anilines is 1. The van der Waals surface area contributed by atoms with Crippen molar-refractivity contribution < 1.29 is 9.59 Å². The molecule has 2 aromatic rings. The highest BCUT2D eigenvalue weighted by Gasteiger charge is 2.13. The van der Waals surface area contributed by atoms with Gasteiger partial charge in [0, 0.05) is 17.3 Å². The number of hydrogen-bond donors (Lipinski definition) is 2. The highest BCUT2D eigenvalue weighted by Crippen LogP contribution is 2.14. The molecule has 5 heteroatoms. The van der Waals surface area contributed by atoms with E-state index in [-0.39, 0.29) is 0 Å². The summed E-state index contributed by atoms with van der Waals surface area (Å²) in [7, 11) is 0. The van der Waals surface area contributed by atoms with Crippen LogP contribution in [-0.4, -0.2) is 11.8 Å². The molecule has 0 aliphatic rings. The Hall–Kier alpha value is -2.33. The fraction of sp³-hybridized carbons (Fsp3) is 0.125. The van der Waals surface area contributed by atoms with Gasteiger partial charge in [0.15, 0.2) is 0 Å². The molecule has 2 N–H and O–H groups in total. The van der Waals surface area contributed by atoms with Gasteiger partial charge in [-0.2, -0.15) is 0 Å². The Morgan fingerprint density at radius 2 is 1.76 bits per heavy atom. The monoisotopic (exact) mass is 302 g/mol. The van der Waals surface area contributed by atoms with Crippen LogP contribution in [0.5, 0.6) is 0 Å². The number of nitrogens with one attached hydrogen (secondary N) is 2. The van der Waals surface area contributed by atoms with Gasteiger partial charge >= 0.3 is 11.8 Å². The number of benzene rings is 2. The summed E-state index contributed by atoms with van der Waals surface area (Å²) in [4.78, 5) is 23.4. The van der Waals surface area contributed by atoms with Crippen LogP contribution < -0.4 is 10.6 Å². The van der Waals surface area contributed by atoms with Gasteiger partial charge in [0.25, 0.3) is 0 Å². The molecule has 0 atom stereocenters. The maximum atomic E-state index is 11.7. The first kappa shape index (κ1) is 15.1. The van der Waals surface area contributed by atoms with E-state index in [0.29, 0.717) is 17.3 Å². The SMILES string of the molecule is Cc1ccc(CNC(=O)C(=O)Nc2cccc(Cl)c2)cc1. The van der Waals surface area contributed by atoms with Crippen LogP contribution >= 0.6 is 11.6 Å². The Bertz CT molecular complexity index is 654. The standard InChI is InChI=1S/C16H15ClN2O2/c1-11-5-7-12(8-6-11)10-18-15(20)16(21)19-14-4-2-3-13(17)9-14/h2-9H,10H2,1H3,(H,18,20)(H,19,21). The fourth-order valence-corrected chi connectivity index (χ4v) is 1.91. The summed E-state index contributed by atoms with van der Waals surface area (Å²) in [5, 5.41) is 5.55. The van der Waals surface area contributed by atoms with E-state index in [4.69, 9.17) is 11.6 Å². The van der Waals surface area contributed by atoms with E-state index in [1.54, 1.807) is 24.3 Å². The van der Waals surface area contributed by atoms with Gasteiger partial charge < -0.3 is 10.6 Å². The molecule has 0 unspecified atom stereocenters. The van der Waals surface area contributed by atoms with Gasteiger partial charge in [0.05, 0.1) is 0 Å². The van der Waals surface area contributed by atoms with Crippen molar-refractivity contribution in [2.45, 2.75) is 13.5 Å². The van der Waals surface area contributed by atoms with Crippen molar-refractivity contribution >= 4 is 29.1 Å². The van der Waals surface area contributed by atoms with E-state index in [0.717, 1.165) is 11.1 Å². The zero-order chi connectivity index (χ0) is 15.2. The first-order valence-corrected chi connectivity index (χ1v) is 6.83. The number of amides is 2. The molecular weight excluding hydrogens is 288 g/mol. The van der Waals surface area contributed by atoms with Gasteiger partial charge in [-0.1, -0.05) is 47.5 Å². The second kappa shape index (κ2) is 6.90. The summed E-state index contributed by atoms with van der Waals surface area (Å²) < 4.78 is 0. The van der Waals surface area contributed by atoms with E-state index < -0.39 is 11.8 Å². The molecule has 0 aliphatic heterocycles. The molecule has 0 saturated heterocycles. The molecule has 0 spiro atoms. The summed E-state index contributed by atoms with van der Waals surface area (Å²) in [6.45, 7) is 2.29. The number of hydrogen-bond acceptors (Lipinski definition) is 2. The van der Waals surface area contributed by atoms with E-state index in [2.05, 4.69) is 10.6 Å². The molecule has 2 amide bonds. The van der Waals surface area contributed by atoms with Gasteiger partial charge in [-0.15, -0.1) is 0 Å². The summed E-state index contributed by atoms with van der Waals surface area (Å²) in [6, 6.07) is 14.3. The Balaban J connectivity index is 1.88. The minimum Gasteiger partial charge on any atom is -0.344 e. The lowest BCUT2D eigenvalue weighted by atomic mass is 10.1. The molecule has 0 bridgehead atoms. The maximum absolute atomic E-state index is 11.7. The fourth-order valence-electron chi connectivity index (χ4n) is 1.72. The Morgan fingerprint density at radius 1 is 1.05 bits per heavy atom. The third-order valence-corrected chi connectivity index (χ3v) is 3.10. The minimum absolute atomic E-state index is 0.308. The maximum Gasteiger partial charge on any atom is 0.313 e. The third kappa shape index (κ3) is 4.61. The van der Waals surface area contributed by atoms with E-state index in [1.807, 2.05) is 31.2 Å². The highest BCUT2D eigenvalue weighted by atomic mass is 35.5. The van der Waals surface area contributed by atoms with Crippen molar-refractivity contribution in [3.63, 3.8) is 0 Å². The van der Waals surface area contributed by atoms with Crippen LogP contribution in [-0.2, 0) is 16.1 Å². The largest absolute Gasteiger partial charge is 0.344 e. The first-order chi connectivity index (χ1) is 10.0. The molecule has 4 nitrogen and oxygen atoms in total. The average Bonchev–Trinajstić information content (AvgIpc) is 2.46. The van der Waals surface area contributed by atoms with Gasteiger partial charge in [-0.25, -0.2) is 0 Å². The minimum atomic E-state index is -0.718. The second-order valence-corrected chi connectivity index (χ2v) is 5.07. The van der Waals surface area contributed by atoms with Crippen LogP contribution in [0.1, 0.15) is 11.1 Å². The van der Waals surface area contributed by atoms with Crippen molar-refractivity contribution in [1.82, 2.24) is 5.32 Å². The quantitative estimate of drug-likeness (QED) is 0.857. The molecule has 21 heavy (non-hydrogen) atoms. The van der Waals surface area contributed by atoms with Crippen molar-refractivity contribution in [2.24, 2.45) is 0 Å². The second-order valence-electron chi connectivity index (χ2n) is 4.63. The smallest absolute Gasteiger partial charge is 0.313 e. The van der Waals surface area contributed by atoms with Crippen molar-refractivity contribution in [1.29, 1.82) is 0 Å². The summed E-state index contributed by atoms with van der Waals surface area (Å²) in [5.74, 6) is -1.40. The molecule has 108 valence electrons. The van der Waals surface area contributed by atoms with Gasteiger partial charge in [-0.3, -0.25) is 9.59 Å². The van der Waals surface area contributed by atoms with E-state index in [1.165, 1.54) is 0 Å². The molecule has 0 heterocycles. The summed E-state index contributed by atoms with van der Waals surface area (Å²) >= 11 is 5.81. The van der Waals surface area contributed by atoms with Crippen molar-refractivity contribution in [3.05, 3.63) is 64.7 Å². The molecule has 0 radical (unpaired) electrons. The third-order valence-electron chi connectivity index (χ3n) is 2.86. The molecule has 0 saturated carbocycles. The zero-order valence-corrected chi connectivity index (χ0v) is 12.3. The lowest BCUT2D eigenvalue weighted by molar-refractivity contribution is -0.136. The first-order valence-electron chi connectivity index (χ1n) is 6.45. The Kier molecular flexibility index (Phi) is 4.95. The van der Waals surface area contributed by atoms with Crippen molar-refractivity contribution in [3.8, 4) is 0 Å². The molecule has 0 aromatic heterocycles. The molecule has 0 fully saturated rings. The number of carbonyl (C=O) groups is 2. The Labute approximate surface area is 128 Å². The van der Waals surface area contributed by atoms with Gasteiger partial charge in [-0.05, 0) is 30.7 Å². The number of halogens is 1. The van der Waals surface area contributed by atoms with Crippen molar-refractivity contribution in [2.75, 3.05) is 5.32 Å². The summed E-state index contributed by atoms with van der Waals surface area (Å²) in [6.07, 6.45) is 0. The lowest BCUT2D eigenvalue weighted by Crippen LogP contribution is -2.34.